The summed E-state index contributed by atoms with van der Waals surface area (Å²) in [5.41, 5.74) is 0.637. The predicted molar refractivity (Wildman–Crippen MR) is 161 cm³/mol. The van der Waals surface area contributed by atoms with Gasteiger partial charge < -0.3 is 10.2 Å². The zero-order valence-corrected chi connectivity index (χ0v) is 25.8. The van der Waals surface area contributed by atoms with E-state index in [1.165, 1.54) is 17.7 Å². The van der Waals surface area contributed by atoms with Crippen LogP contribution in [-0.4, -0.2) is 88.3 Å². The average molecular weight is 590 g/mol. The number of carbonyl (C=O) groups excluding carboxylic acids is 5. The number of hydrogen-bond acceptors (Lipinski definition) is 8. The molecule has 10 heteroatoms. The Morgan fingerprint density at radius 1 is 1.05 bits per heavy atom. The van der Waals surface area contributed by atoms with Crippen LogP contribution in [0, 0.1) is 5.92 Å². The highest BCUT2D eigenvalue weighted by Gasteiger charge is 2.46. The van der Waals surface area contributed by atoms with Gasteiger partial charge in [0.15, 0.2) is 11.6 Å². The number of nitrogens with zero attached hydrogens (tertiary/aromatic N) is 2. The van der Waals surface area contributed by atoms with Crippen molar-refractivity contribution in [3.05, 3.63) is 35.9 Å². The van der Waals surface area contributed by atoms with E-state index in [0.29, 0.717) is 18.4 Å². The maximum Gasteiger partial charge on any atom is 0.249 e. The van der Waals surface area contributed by atoms with E-state index in [1.54, 1.807) is 38.4 Å². The lowest BCUT2D eigenvalue weighted by molar-refractivity contribution is -0.141. The maximum absolute atomic E-state index is 13.4. The van der Waals surface area contributed by atoms with Gasteiger partial charge in [-0.3, -0.25) is 28.9 Å². The highest BCUT2D eigenvalue weighted by Crippen LogP contribution is 2.49. The van der Waals surface area contributed by atoms with Gasteiger partial charge >= 0.3 is 0 Å². The molecule has 3 rings (SSSR count). The van der Waals surface area contributed by atoms with Crippen LogP contribution < -0.4 is 5.32 Å². The van der Waals surface area contributed by atoms with Crippen molar-refractivity contribution in [3.8, 4) is 0 Å². The molecular weight excluding hydrogens is 546 g/mol. The number of amides is 2. The molecule has 8 nitrogen and oxygen atoms in total. The van der Waals surface area contributed by atoms with E-state index in [2.05, 4.69) is 10.2 Å². The van der Waals surface area contributed by atoms with Crippen LogP contribution in [0.5, 0.6) is 0 Å². The molecule has 0 aromatic heterocycles. The summed E-state index contributed by atoms with van der Waals surface area (Å²) >= 11 is 3.92. The van der Waals surface area contributed by atoms with E-state index < -0.39 is 29.4 Å². The van der Waals surface area contributed by atoms with Gasteiger partial charge in [0.2, 0.25) is 17.6 Å². The number of thioether (sulfide) groups is 2. The highest BCUT2D eigenvalue weighted by atomic mass is 32.2. The number of likely N-dealkylation sites (N-methyl/N-ethyl adjacent to an activating group) is 2. The Balaban J connectivity index is 1.57. The van der Waals surface area contributed by atoms with Crippen LogP contribution in [0.2, 0.25) is 0 Å². The second kappa shape index (κ2) is 15.2. The van der Waals surface area contributed by atoms with Gasteiger partial charge in [-0.25, -0.2) is 0 Å². The van der Waals surface area contributed by atoms with Gasteiger partial charge in [-0.1, -0.05) is 43.7 Å². The number of hydrogen-bond donors (Lipinski definition) is 1. The number of ketones is 3. The minimum atomic E-state index is -0.878. The molecule has 40 heavy (non-hydrogen) atoms. The molecule has 2 aliphatic heterocycles. The fraction of sp³-hybridized carbons (Fsp3) is 0.633. The molecular formula is C30H43N3O5S2. The second-order valence-corrected chi connectivity index (χ2v) is 14.3. The Morgan fingerprint density at radius 2 is 1.70 bits per heavy atom. The fourth-order valence-corrected chi connectivity index (χ4v) is 8.81. The summed E-state index contributed by atoms with van der Waals surface area (Å²) in [6.45, 7) is 2.78. The summed E-state index contributed by atoms with van der Waals surface area (Å²) in [6, 6.07) is 7.78. The summed E-state index contributed by atoms with van der Waals surface area (Å²) in [6.07, 6.45) is 3.91. The molecule has 1 spiro atoms. The van der Waals surface area contributed by atoms with Crippen molar-refractivity contribution >= 4 is 52.7 Å². The molecule has 2 amide bonds. The number of rotatable bonds is 13. The number of benzene rings is 1. The lowest BCUT2D eigenvalue weighted by Crippen LogP contribution is -2.40. The summed E-state index contributed by atoms with van der Waals surface area (Å²) in [7, 11) is 5.20. The normalized spacial score (nSPS) is 20.4. The molecule has 2 fully saturated rings. The van der Waals surface area contributed by atoms with Gasteiger partial charge in [0.05, 0.1) is 10.1 Å². The summed E-state index contributed by atoms with van der Waals surface area (Å²) in [4.78, 5) is 68.3. The molecule has 0 bridgehead atoms. The van der Waals surface area contributed by atoms with Crippen LogP contribution in [0.15, 0.2) is 30.3 Å². The molecule has 2 saturated heterocycles. The van der Waals surface area contributed by atoms with Crippen molar-refractivity contribution in [3.63, 3.8) is 0 Å². The first kappa shape index (κ1) is 32.3. The molecule has 0 radical (unpaired) electrons. The predicted octanol–water partition coefficient (Wildman–Crippen LogP) is 3.89. The summed E-state index contributed by atoms with van der Waals surface area (Å²) < 4.78 is 0.0323. The SMILES string of the molecule is CCCC(CC(=O)C1CC2(CN1C)SCCCCS2)C(=O)C(=O)CCC(=O)N[C@H](C(=O)N(C)C)c1ccccc1. The molecule has 1 aromatic carbocycles. The van der Waals surface area contributed by atoms with Crippen LogP contribution in [-0.2, 0) is 24.0 Å². The van der Waals surface area contributed by atoms with Crippen molar-refractivity contribution in [2.24, 2.45) is 5.92 Å². The van der Waals surface area contributed by atoms with Gasteiger partial charge in [0.25, 0.3) is 0 Å². The lowest BCUT2D eigenvalue weighted by Gasteiger charge is -2.25. The topological polar surface area (TPSA) is 104 Å². The van der Waals surface area contributed by atoms with Crippen LogP contribution in [0.4, 0.5) is 0 Å². The molecule has 0 aliphatic carbocycles. The zero-order valence-electron chi connectivity index (χ0n) is 24.1. The third kappa shape index (κ3) is 8.66. The number of Topliss-reactive ketones (excluding diaryl/α,β-unsaturated/α-hetero) is 3. The Morgan fingerprint density at radius 3 is 2.30 bits per heavy atom. The van der Waals surface area contributed by atoms with Gasteiger partial charge in [-0.15, -0.1) is 23.5 Å². The van der Waals surface area contributed by atoms with Crippen molar-refractivity contribution < 1.29 is 24.0 Å². The number of nitrogens with one attached hydrogen (secondary N) is 1. The molecule has 1 N–H and O–H groups in total. The second-order valence-electron chi connectivity index (χ2n) is 11.0. The summed E-state index contributed by atoms with van der Waals surface area (Å²) in [5, 5.41) is 2.71. The van der Waals surface area contributed by atoms with E-state index in [-0.39, 0.29) is 41.1 Å². The van der Waals surface area contributed by atoms with E-state index in [0.717, 1.165) is 24.5 Å². The Labute approximate surface area is 246 Å². The van der Waals surface area contributed by atoms with Gasteiger partial charge in [-0.2, -0.15) is 0 Å². The maximum atomic E-state index is 13.4. The smallest absolute Gasteiger partial charge is 0.249 e. The van der Waals surface area contributed by atoms with E-state index in [1.807, 2.05) is 43.6 Å². The van der Waals surface area contributed by atoms with E-state index in [4.69, 9.17) is 0 Å². The highest BCUT2D eigenvalue weighted by molar-refractivity contribution is 8.18. The Hall–Kier alpha value is -2.17. The molecule has 0 saturated carbocycles. The number of likely N-dealkylation sites (tertiary alicyclic amines) is 1. The van der Waals surface area contributed by atoms with E-state index >= 15 is 0 Å². The largest absolute Gasteiger partial charge is 0.347 e. The van der Waals surface area contributed by atoms with Gasteiger partial charge in [0.1, 0.15) is 6.04 Å². The quantitative estimate of drug-likeness (QED) is 0.346. The van der Waals surface area contributed by atoms with Crippen LogP contribution in [0.1, 0.15) is 69.9 Å². The van der Waals surface area contributed by atoms with Crippen LogP contribution in [0.25, 0.3) is 0 Å². The minimum absolute atomic E-state index is 0.0232. The third-order valence-corrected chi connectivity index (χ3v) is 10.9. The first-order chi connectivity index (χ1) is 19.1. The van der Waals surface area contributed by atoms with Gasteiger partial charge in [0, 0.05) is 45.8 Å². The molecule has 2 heterocycles. The molecule has 2 aliphatic rings. The standard InChI is InChI=1S/C30H43N3O5S2/c1-5-11-22(18-25(35)23-19-30(20-33(23)4)39-16-9-10-17-40-30)28(37)24(34)14-15-26(36)31-27(29(38)32(2)3)21-12-7-6-8-13-21/h6-8,12-13,22-23,27H,5,9-11,14-20H2,1-4H3,(H,31,36)/t22?,23?,27-/m0/s1. The first-order valence-corrected chi connectivity index (χ1v) is 16.2. The molecule has 3 atom stereocenters. The Bertz CT molecular complexity index is 1060. The van der Waals surface area contributed by atoms with Crippen LogP contribution in [0.3, 0.4) is 0 Å². The monoisotopic (exact) mass is 589 g/mol. The average Bonchev–Trinajstić information content (AvgIpc) is 3.10. The minimum Gasteiger partial charge on any atom is -0.347 e. The van der Waals surface area contributed by atoms with Crippen molar-refractivity contribution in [2.75, 3.05) is 39.2 Å². The molecule has 220 valence electrons. The lowest BCUT2D eigenvalue weighted by atomic mass is 9.87. The molecule has 2 unspecified atom stereocenters. The zero-order chi connectivity index (χ0) is 29.3. The van der Waals surface area contributed by atoms with E-state index in [9.17, 15) is 24.0 Å². The van der Waals surface area contributed by atoms with Gasteiger partial charge in [-0.05, 0) is 49.8 Å². The third-order valence-electron chi connectivity index (χ3n) is 7.60. The van der Waals surface area contributed by atoms with Crippen molar-refractivity contribution in [1.82, 2.24) is 15.1 Å². The summed E-state index contributed by atoms with van der Waals surface area (Å²) in [5.74, 6) is -0.405. The Kier molecular flexibility index (Phi) is 12.3. The first-order valence-electron chi connectivity index (χ1n) is 14.2. The molecule has 1 aromatic rings. The van der Waals surface area contributed by atoms with Crippen molar-refractivity contribution in [1.29, 1.82) is 0 Å². The fourth-order valence-electron chi connectivity index (χ4n) is 5.39. The number of carbonyl (C=O) groups is 5. The van der Waals surface area contributed by atoms with Crippen molar-refractivity contribution in [2.45, 2.75) is 74.5 Å². The van der Waals surface area contributed by atoms with Crippen LogP contribution >= 0.6 is 23.5 Å².